The van der Waals surface area contributed by atoms with E-state index in [0.29, 0.717) is 17.9 Å². The number of fused-ring (bicyclic) bond motifs is 3. The van der Waals surface area contributed by atoms with Crippen LogP contribution in [0, 0.1) is 0 Å². The Kier molecular flexibility index (Phi) is 5.72. The van der Waals surface area contributed by atoms with Crippen LogP contribution in [0.1, 0.15) is 62.3 Å². The predicted molar refractivity (Wildman–Crippen MR) is 153 cm³/mol. The zero-order chi connectivity index (χ0) is 24.8. The summed E-state index contributed by atoms with van der Waals surface area (Å²) in [7, 11) is 0. The van der Waals surface area contributed by atoms with Crippen LogP contribution < -0.4 is 0 Å². The van der Waals surface area contributed by atoms with E-state index in [1.54, 1.807) is 0 Å². The van der Waals surface area contributed by atoms with Crippen LogP contribution in [0.2, 0.25) is 0 Å². The maximum atomic E-state index is 3.44. The molecule has 3 heteroatoms. The summed E-state index contributed by atoms with van der Waals surface area (Å²) in [4.78, 5) is 3.44. The van der Waals surface area contributed by atoms with Gasteiger partial charge >= 0.3 is 0 Å². The topological polar surface area (TPSA) is 25.6 Å². The van der Waals surface area contributed by atoms with Crippen molar-refractivity contribution < 1.29 is 0 Å². The molecule has 0 radical (unpaired) electrons. The van der Waals surface area contributed by atoms with Crippen LogP contribution in [0.5, 0.6) is 0 Å². The number of nitrogens with one attached hydrogen (secondary N) is 1. The molecule has 0 bridgehead atoms. The summed E-state index contributed by atoms with van der Waals surface area (Å²) in [5, 5.41) is 4.03. The summed E-state index contributed by atoms with van der Waals surface area (Å²) in [5.74, 6) is 0.929. The lowest BCUT2D eigenvalue weighted by Gasteiger charge is -2.17. The van der Waals surface area contributed by atoms with Gasteiger partial charge < -0.3 is 14.1 Å². The zero-order valence-electron chi connectivity index (χ0n) is 21.7. The van der Waals surface area contributed by atoms with E-state index >= 15 is 0 Å². The molecular formula is C33H35N3. The summed E-state index contributed by atoms with van der Waals surface area (Å²) < 4.78 is 4.88. The van der Waals surface area contributed by atoms with E-state index in [4.69, 9.17) is 0 Å². The summed E-state index contributed by atoms with van der Waals surface area (Å²) in [6.07, 6.45) is 7.73. The number of H-pyrrole nitrogens is 1. The quantitative estimate of drug-likeness (QED) is 0.240. The zero-order valence-corrected chi connectivity index (χ0v) is 21.7. The number of benzene rings is 3. The molecule has 0 spiro atoms. The first kappa shape index (κ1) is 22.7. The molecule has 2 atom stereocenters. The van der Waals surface area contributed by atoms with Gasteiger partial charge in [0.15, 0.2) is 0 Å². The van der Waals surface area contributed by atoms with Crippen molar-refractivity contribution in [2.24, 2.45) is 0 Å². The Balaban J connectivity index is 1.33. The smallest absolute Gasteiger partial charge is 0.0487 e. The highest BCUT2D eigenvalue weighted by atomic mass is 15.1. The van der Waals surface area contributed by atoms with Crippen LogP contribution in [-0.4, -0.2) is 14.1 Å². The van der Waals surface area contributed by atoms with Crippen molar-refractivity contribution in [2.75, 3.05) is 0 Å². The summed E-state index contributed by atoms with van der Waals surface area (Å²) in [5.41, 5.74) is 8.16. The summed E-state index contributed by atoms with van der Waals surface area (Å²) >= 11 is 0. The van der Waals surface area contributed by atoms with E-state index in [9.17, 15) is 0 Å². The monoisotopic (exact) mass is 473 g/mol. The number of aromatic amines is 1. The van der Waals surface area contributed by atoms with E-state index in [2.05, 4.69) is 133 Å². The van der Waals surface area contributed by atoms with Crippen LogP contribution in [-0.2, 0) is 13.0 Å². The molecule has 0 saturated carbocycles. The van der Waals surface area contributed by atoms with Gasteiger partial charge in [-0.3, -0.25) is 0 Å². The lowest BCUT2D eigenvalue weighted by Crippen LogP contribution is -2.11. The number of aromatic nitrogens is 3. The summed E-state index contributed by atoms with van der Waals surface area (Å²) in [6.45, 7) is 10.2. The Morgan fingerprint density at radius 2 is 1.56 bits per heavy atom. The van der Waals surface area contributed by atoms with Crippen molar-refractivity contribution >= 4 is 32.7 Å². The first-order chi connectivity index (χ1) is 17.5. The first-order valence-electron chi connectivity index (χ1n) is 13.2. The van der Waals surface area contributed by atoms with E-state index in [1.807, 2.05) is 0 Å². The fourth-order valence-electron chi connectivity index (χ4n) is 6.00. The fraction of sp³-hybridized carbons (Fsp3) is 0.273. The highest BCUT2D eigenvalue weighted by molar-refractivity contribution is 5.86. The third-order valence-corrected chi connectivity index (χ3v) is 7.84. The van der Waals surface area contributed by atoms with E-state index < -0.39 is 0 Å². The molecule has 0 saturated heterocycles. The highest BCUT2D eigenvalue weighted by Gasteiger charge is 2.18. The SMILES string of the molecule is CC(C)c1cc(CC(C)c2cn(CC(C)n3ccc4ccccc43)c3ccccc23)cc2[nH]ccc12. The number of rotatable bonds is 7. The number of para-hydroxylation sites is 2. The minimum atomic E-state index is 0.354. The van der Waals surface area contributed by atoms with E-state index in [0.717, 1.165) is 13.0 Å². The molecule has 182 valence electrons. The van der Waals surface area contributed by atoms with E-state index in [-0.39, 0.29) is 0 Å². The van der Waals surface area contributed by atoms with Crippen molar-refractivity contribution in [1.29, 1.82) is 0 Å². The van der Waals surface area contributed by atoms with Crippen LogP contribution in [0.25, 0.3) is 32.7 Å². The Bertz CT molecular complexity index is 1660. The van der Waals surface area contributed by atoms with Gasteiger partial charge in [0, 0.05) is 58.5 Å². The van der Waals surface area contributed by atoms with Crippen LogP contribution >= 0.6 is 0 Å². The molecule has 2 unspecified atom stereocenters. The van der Waals surface area contributed by atoms with Gasteiger partial charge in [-0.2, -0.15) is 0 Å². The third kappa shape index (κ3) is 3.93. The molecule has 3 aromatic heterocycles. The fourth-order valence-corrected chi connectivity index (χ4v) is 6.00. The van der Waals surface area contributed by atoms with Gasteiger partial charge in [0.1, 0.15) is 0 Å². The second-order valence-corrected chi connectivity index (χ2v) is 10.8. The molecule has 6 aromatic rings. The number of hydrogen-bond acceptors (Lipinski definition) is 0. The van der Waals surface area contributed by atoms with Gasteiger partial charge in [-0.15, -0.1) is 0 Å². The second kappa shape index (κ2) is 9.05. The molecule has 1 N–H and O–H groups in total. The van der Waals surface area contributed by atoms with Crippen LogP contribution in [0.15, 0.2) is 91.4 Å². The van der Waals surface area contributed by atoms with Crippen molar-refractivity contribution in [3.05, 3.63) is 108 Å². The average Bonchev–Trinajstić information content (AvgIpc) is 3.60. The largest absolute Gasteiger partial charge is 0.361 e. The van der Waals surface area contributed by atoms with Gasteiger partial charge in [0.25, 0.3) is 0 Å². The first-order valence-corrected chi connectivity index (χ1v) is 13.2. The molecule has 3 heterocycles. The Labute approximate surface area is 213 Å². The maximum Gasteiger partial charge on any atom is 0.0487 e. The second-order valence-electron chi connectivity index (χ2n) is 10.8. The average molecular weight is 474 g/mol. The summed E-state index contributed by atoms with van der Waals surface area (Å²) in [6, 6.07) is 27.1. The van der Waals surface area contributed by atoms with E-state index in [1.165, 1.54) is 49.4 Å². The van der Waals surface area contributed by atoms with Gasteiger partial charge in [-0.25, -0.2) is 0 Å². The van der Waals surface area contributed by atoms with Crippen molar-refractivity contribution in [1.82, 2.24) is 14.1 Å². The third-order valence-electron chi connectivity index (χ3n) is 7.84. The lowest BCUT2D eigenvalue weighted by molar-refractivity contribution is 0.484. The highest BCUT2D eigenvalue weighted by Crippen LogP contribution is 2.33. The van der Waals surface area contributed by atoms with Gasteiger partial charge in [-0.1, -0.05) is 63.2 Å². The molecule has 3 nitrogen and oxygen atoms in total. The predicted octanol–water partition coefficient (Wildman–Crippen LogP) is 8.81. The minimum Gasteiger partial charge on any atom is -0.361 e. The minimum absolute atomic E-state index is 0.354. The van der Waals surface area contributed by atoms with Crippen molar-refractivity contribution in [2.45, 2.75) is 58.5 Å². The van der Waals surface area contributed by atoms with Gasteiger partial charge in [-0.05, 0) is 77.6 Å². The lowest BCUT2D eigenvalue weighted by atomic mass is 9.90. The molecular weight excluding hydrogens is 438 g/mol. The number of hydrogen-bond donors (Lipinski definition) is 1. The molecule has 0 amide bonds. The molecule has 6 rings (SSSR count). The normalized spacial score (nSPS) is 13.8. The van der Waals surface area contributed by atoms with Crippen LogP contribution in [0.4, 0.5) is 0 Å². The van der Waals surface area contributed by atoms with Crippen molar-refractivity contribution in [3.63, 3.8) is 0 Å². The maximum absolute atomic E-state index is 3.44. The number of nitrogens with zero attached hydrogens (tertiary/aromatic N) is 2. The Morgan fingerprint density at radius 3 is 2.39 bits per heavy atom. The Hall–Kier alpha value is -3.72. The molecule has 0 aliphatic carbocycles. The standard InChI is InChI=1S/C33H35N3/c1-22(2)29-18-25(19-31-27(29)13-15-34-31)17-23(3)30-21-35(33-12-8-6-10-28(30)33)20-24(4)36-16-14-26-9-5-7-11-32(26)36/h5-16,18-19,21-24,34H,17,20H2,1-4H3. The Morgan fingerprint density at radius 1 is 0.778 bits per heavy atom. The van der Waals surface area contributed by atoms with Crippen LogP contribution in [0.3, 0.4) is 0 Å². The molecule has 0 aliphatic rings. The van der Waals surface area contributed by atoms with Crippen molar-refractivity contribution in [3.8, 4) is 0 Å². The van der Waals surface area contributed by atoms with Gasteiger partial charge in [0.2, 0.25) is 0 Å². The molecule has 0 aliphatic heterocycles. The molecule has 0 fully saturated rings. The molecule has 3 aromatic carbocycles. The van der Waals surface area contributed by atoms with Gasteiger partial charge in [0.05, 0.1) is 0 Å². The molecule has 36 heavy (non-hydrogen) atoms.